The number of hydrogen-bond donors (Lipinski definition) is 2. The van der Waals surface area contributed by atoms with E-state index in [2.05, 4.69) is 10.6 Å². The number of benzene rings is 2. The van der Waals surface area contributed by atoms with Crippen LogP contribution in [0.15, 0.2) is 60.0 Å². The summed E-state index contributed by atoms with van der Waals surface area (Å²) in [5.41, 5.74) is 1.70. The van der Waals surface area contributed by atoms with Crippen LogP contribution >= 0.6 is 11.6 Å². The number of hydrogen-bond acceptors (Lipinski definition) is 6. The molecule has 0 saturated carbocycles. The predicted molar refractivity (Wildman–Crippen MR) is 108 cm³/mol. The second-order valence-corrected chi connectivity index (χ2v) is 6.84. The third-order valence-corrected chi connectivity index (χ3v) is 4.43. The number of nitrogens with one attached hydrogen (secondary N) is 2. The molecule has 2 aromatic rings. The lowest BCUT2D eigenvalue weighted by Gasteiger charge is -2.15. The molecule has 1 heterocycles. The average Bonchev–Trinajstić information content (AvgIpc) is 3.05. The summed E-state index contributed by atoms with van der Waals surface area (Å²) >= 11 is 5.95. The molecular formula is C21H19ClN2O5. The number of amides is 1. The number of esters is 1. The standard InChI is InChI=1S/C21H19ClN2O5/c1-12-8-9-14(22)10-16(12)24-19(26)13(2)29-21(27)18-17(25)11-28-20(18)23-15-6-4-3-5-7-15/h3-10,13,23H,11H2,1-2H3,(H,24,26)/t13-/m0/s1. The van der Waals surface area contributed by atoms with Gasteiger partial charge in [0.2, 0.25) is 11.7 Å². The molecule has 0 bridgehead atoms. The van der Waals surface area contributed by atoms with Gasteiger partial charge >= 0.3 is 5.97 Å². The zero-order valence-corrected chi connectivity index (χ0v) is 16.6. The minimum atomic E-state index is -1.14. The first-order chi connectivity index (χ1) is 13.8. The van der Waals surface area contributed by atoms with Crippen molar-refractivity contribution in [3.05, 3.63) is 70.6 Å². The Kier molecular flexibility index (Phi) is 6.19. The molecule has 1 aliphatic heterocycles. The van der Waals surface area contributed by atoms with Gasteiger partial charge in [0, 0.05) is 16.4 Å². The zero-order valence-electron chi connectivity index (χ0n) is 15.8. The van der Waals surface area contributed by atoms with Crippen molar-refractivity contribution < 1.29 is 23.9 Å². The highest BCUT2D eigenvalue weighted by Crippen LogP contribution is 2.22. The van der Waals surface area contributed by atoms with Crippen molar-refractivity contribution in [1.29, 1.82) is 0 Å². The van der Waals surface area contributed by atoms with Crippen molar-refractivity contribution in [2.24, 2.45) is 0 Å². The molecule has 1 atom stereocenters. The third-order valence-electron chi connectivity index (χ3n) is 4.20. The number of rotatable bonds is 6. The van der Waals surface area contributed by atoms with Gasteiger partial charge in [0.15, 0.2) is 18.3 Å². The molecule has 3 rings (SSSR count). The molecule has 7 nitrogen and oxygen atoms in total. The Morgan fingerprint density at radius 2 is 1.90 bits per heavy atom. The van der Waals surface area contributed by atoms with E-state index in [1.165, 1.54) is 6.92 Å². The van der Waals surface area contributed by atoms with Gasteiger partial charge in [0.05, 0.1) is 0 Å². The van der Waals surface area contributed by atoms with Crippen LogP contribution in [-0.2, 0) is 23.9 Å². The summed E-state index contributed by atoms with van der Waals surface area (Å²) in [6.07, 6.45) is -1.14. The Hall–Kier alpha value is -3.32. The fourth-order valence-corrected chi connectivity index (χ4v) is 2.77. The van der Waals surface area contributed by atoms with Crippen LogP contribution in [0.1, 0.15) is 12.5 Å². The normalized spacial score (nSPS) is 14.2. The second-order valence-electron chi connectivity index (χ2n) is 6.40. The first-order valence-corrected chi connectivity index (χ1v) is 9.23. The molecular weight excluding hydrogens is 396 g/mol. The number of carbonyl (C=O) groups excluding carboxylic acids is 3. The van der Waals surface area contributed by atoms with E-state index in [9.17, 15) is 14.4 Å². The summed E-state index contributed by atoms with van der Waals surface area (Å²) < 4.78 is 10.5. The van der Waals surface area contributed by atoms with E-state index in [1.54, 1.807) is 42.5 Å². The van der Waals surface area contributed by atoms with Crippen LogP contribution in [0.2, 0.25) is 5.02 Å². The number of anilines is 2. The fraction of sp³-hybridized carbons (Fsp3) is 0.190. The molecule has 0 aromatic heterocycles. The maximum atomic E-state index is 12.5. The van der Waals surface area contributed by atoms with Gasteiger partial charge in [-0.3, -0.25) is 9.59 Å². The number of ether oxygens (including phenoxy) is 2. The second kappa shape index (κ2) is 8.79. The summed E-state index contributed by atoms with van der Waals surface area (Å²) in [5.74, 6) is -2.00. The Morgan fingerprint density at radius 3 is 2.62 bits per heavy atom. The topological polar surface area (TPSA) is 93.7 Å². The highest BCUT2D eigenvalue weighted by Gasteiger charge is 2.34. The SMILES string of the molecule is Cc1ccc(Cl)cc1NC(=O)[C@H](C)OC(=O)C1=C(Nc2ccccc2)OCC1=O. The Bertz CT molecular complexity index is 988. The first-order valence-electron chi connectivity index (χ1n) is 8.85. The number of halogens is 1. The molecule has 0 aliphatic carbocycles. The largest absolute Gasteiger partial charge is 0.470 e. The molecule has 0 saturated heterocycles. The number of carbonyl (C=O) groups is 3. The van der Waals surface area contributed by atoms with Crippen LogP contribution in [-0.4, -0.2) is 30.4 Å². The first kappa shape index (κ1) is 20.4. The van der Waals surface area contributed by atoms with Crippen LogP contribution in [0.4, 0.5) is 11.4 Å². The number of aryl methyl sites for hydroxylation is 1. The molecule has 1 amide bonds. The van der Waals surface area contributed by atoms with E-state index >= 15 is 0 Å². The molecule has 0 radical (unpaired) electrons. The van der Waals surface area contributed by atoms with Crippen molar-refractivity contribution in [2.45, 2.75) is 20.0 Å². The van der Waals surface area contributed by atoms with E-state index in [4.69, 9.17) is 21.1 Å². The maximum absolute atomic E-state index is 12.5. The summed E-state index contributed by atoms with van der Waals surface area (Å²) in [6.45, 7) is 2.95. The van der Waals surface area contributed by atoms with Crippen molar-refractivity contribution in [2.75, 3.05) is 17.2 Å². The van der Waals surface area contributed by atoms with E-state index < -0.39 is 23.8 Å². The molecule has 2 aromatic carbocycles. The Labute approximate surface area is 172 Å². The van der Waals surface area contributed by atoms with Crippen LogP contribution in [0, 0.1) is 6.92 Å². The van der Waals surface area contributed by atoms with Gasteiger partial charge in [-0.15, -0.1) is 0 Å². The van der Waals surface area contributed by atoms with E-state index in [1.807, 2.05) is 13.0 Å². The molecule has 0 fully saturated rings. The highest BCUT2D eigenvalue weighted by molar-refractivity contribution is 6.31. The van der Waals surface area contributed by atoms with E-state index in [0.717, 1.165) is 5.56 Å². The maximum Gasteiger partial charge on any atom is 0.348 e. The van der Waals surface area contributed by atoms with Gasteiger partial charge in [-0.25, -0.2) is 4.79 Å². The monoisotopic (exact) mass is 414 g/mol. The number of para-hydroxylation sites is 1. The van der Waals surface area contributed by atoms with Gasteiger partial charge in [-0.1, -0.05) is 35.9 Å². The van der Waals surface area contributed by atoms with Gasteiger partial charge in [0.25, 0.3) is 5.91 Å². The van der Waals surface area contributed by atoms with Crippen molar-refractivity contribution in [3.8, 4) is 0 Å². The predicted octanol–water partition coefficient (Wildman–Crippen LogP) is 3.44. The van der Waals surface area contributed by atoms with Gasteiger partial charge < -0.3 is 20.1 Å². The number of ketones is 1. The Balaban J connectivity index is 1.70. The van der Waals surface area contributed by atoms with E-state index in [0.29, 0.717) is 16.4 Å². The average molecular weight is 415 g/mol. The van der Waals surface area contributed by atoms with Gasteiger partial charge in [-0.05, 0) is 43.7 Å². The fourth-order valence-electron chi connectivity index (χ4n) is 2.60. The van der Waals surface area contributed by atoms with Crippen molar-refractivity contribution >= 4 is 40.6 Å². The lowest BCUT2D eigenvalue weighted by Crippen LogP contribution is -2.31. The van der Waals surface area contributed by atoms with Crippen LogP contribution in [0.25, 0.3) is 0 Å². The lowest BCUT2D eigenvalue weighted by molar-refractivity contribution is -0.150. The molecule has 0 unspecified atom stereocenters. The van der Waals surface area contributed by atoms with Gasteiger partial charge in [-0.2, -0.15) is 0 Å². The molecule has 1 aliphatic rings. The summed E-state index contributed by atoms with van der Waals surface area (Å²) in [4.78, 5) is 37.0. The Morgan fingerprint density at radius 1 is 1.17 bits per heavy atom. The molecule has 0 spiro atoms. The molecule has 8 heteroatoms. The van der Waals surface area contributed by atoms with Crippen molar-refractivity contribution in [3.63, 3.8) is 0 Å². The van der Waals surface area contributed by atoms with E-state index in [-0.39, 0.29) is 18.1 Å². The quantitative estimate of drug-likeness (QED) is 0.555. The summed E-state index contributed by atoms with van der Waals surface area (Å²) in [6, 6.07) is 14.0. The minimum Gasteiger partial charge on any atom is -0.470 e. The van der Waals surface area contributed by atoms with Crippen molar-refractivity contribution in [1.82, 2.24) is 0 Å². The third kappa shape index (κ3) is 4.94. The molecule has 29 heavy (non-hydrogen) atoms. The smallest absolute Gasteiger partial charge is 0.348 e. The van der Waals surface area contributed by atoms with Crippen LogP contribution < -0.4 is 10.6 Å². The molecule has 150 valence electrons. The highest BCUT2D eigenvalue weighted by atomic mass is 35.5. The number of Topliss-reactive ketones (excluding diaryl/α,β-unsaturated/α-hetero) is 1. The summed E-state index contributed by atoms with van der Waals surface area (Å²) in [7, 11) is 0. The lowest BCUT2D eigenvalue weighted by atomic mass is 10.2. The van der Waals surface area contributed by atoms with Crippen LogP contribution in [0.5, 0.6) is 0 Å². The summed E-state index contributed by atoms with van der Waals surface area (Å²) in [5, 5.41) is 6.00. The van der Waals surface area contributed by atoms with Crippen LogP contribution in [0.3, 0.4) is 0 Å². The molecule has 2 N–H and O–H groups in total. The van der Waals surface area contributed by atoms with Gasteiger partial charge in [0.1, 0.15) is 0 Å². The minimum absolute atomic E-state index is 0.00416. The zero-order chi connectivity index (χ0) is 21.0.